The van der Waals surface area contributed by atoms with Gasteiger partial charge in [-0.3, -0.25) is 0 Å². The molecule has 0 unspecified atom stereocenters. The minimum atomic E-state index is -2.33. The second-order valence-corrected chi connectivity index (χ2v) is 16.4. The predicted octanol–water partition coefficient (Wildman–Crippen LogP) is 11.2. The summed E-state index contributed by atoms with van der Waals surface area (Å²) in [7, 11) is 0. The van der Waals surface area contributed by atoms with Crippen LogP contribution in [0.15, 0.2) is 18.2 Å². The van der Waals surface area contributed by atoms with Gasteiger partial charge in [-0.25, -0.2) is 0 Å². The van der Waals surface area contributed by atoms with Crippen molar-refractivity contribution >= 4 is 162 Å². The molecule has 0 heterocycles. The zero-order chi connectivity index (χ0) is 24.1. The van der Waals surface area contributed by atoms with Gasteiger partial charge in [0.15, 0.2) is 8.67 Å². The molecule has 30 heavy (non-hydrogen) atoms. The fraction of sp³-hybridized carbons (Fsp3) is 0.562. The Morgan fingerprint density at radius 2 is 1.03 bits per heavy atom. The normalized spacial score (nSPS) is 15.1. The van der Waals surface area contributed by atoms with Gasteiger partial charge >= 0.3 is 0 Å². The Bertz CT molecular complexity index is 754. The third-order valence-electron chi connectivity index (χ3n) is 3.77. The van der Waals surface area contributed by atoms with Crippen LogP contribution in [0.4, 0.5) is 0 Å². The van der Waals surface area contributed by atoms with E-state index in [2.05, 4.69) is 0 Å². The molecule has 1 radical (unpaired) electrons. The molecule has 0 aliphatic heterocycles. The van der Waals surface area contributed by atoms with Gasteiger partial charge in [-0.1, -0.05) is 188 Å². The maximum absolute atomic E-state index is 6.55. The molecule has 0 aliphatic carbocycles. The van der Waals surface area contributed by atoms with E-state index in [9.17, 15) is 0 Å². The summed E-state index contributed by atoms with van der Waals surface area (Å²) in [6.45, 7) is 3.81. The van der Waals surface area contributed by atoms with Gasteiger partial charge in [0.1, 0.15) is 0 Å². The van der Waals surface area contributed by atoms with E-state index >= 15 is 0 Å². The first-order valence-corrected chi connectivity index (χ1v) is 13.0. The highest BCUT2D eigenvalue weighted by molar-refractivity contribution is 6.79. The Labute approximate surface area is 245 Å². The lowest BCUT2D eigenvalue weighted by atomic mass is 9.91. The average Bonchev–Trinajstić information content (AvgIpc) is 2.51. The van der Waals surface area contributed by atoms with E-state index in [1.54, 1.807) is 12.5 Å². The number of rotatable bonds is 6. The van der Waals surface area contributed by atoms with Crippen molar-refractivity contribution in [1.82, 2.24) is 0 Å². The van der Waals surface area contributed by atoms with Crippen LogP contribution in [0, 0.1) is 12.3 Å². The van der Waals surface area contributed by atoms with Crippen molar-refractivity contribution in [1.29, 1.82) is 0 Å². The van der Waals surface area contributed by atoms with Gasteiger partial charge in [0.25, 0.3) is 0 Å². The van der Waals surface area contributed by atoms with Crippen LogP contribution in [0.25, 0.3) is 0 Å². The monoisotopic (exact) mass is 693 g/mol. The summed E-state index contributed by atoms with van der Waals surface area (Å²) in [5.41, 5.74) is 0.635. The van der Waals surface area contributed by atoms with Gasteiger partial charge in [0.2, 0.25) is 16.3 Å². The maximum atomic E-state index is 6.55. The van der Waals surface area contributed by atoms with Crippen molar-refractivity contribution < 1.29 is 0 Å². The highest BCUT2D eigenvalue weighted by Gasteiger charge is 2.63. The van der Waals surface area contributed by atoms with Crippen molar-refractivity contribution in [2.75, 3.05) is 0 Å². The Hall–Kier alpha value is 3.28. The van der Waals surface area contributed by atoms with E-state index in [0.29, 0.717) is 5.56 Å². The number of hydrogen-bond acceptors (Lipinski definition) is 0. The predicted molar refractivity (Wildman–Crippen MR) is 141 cm³/mol. The molecule has 0 atom stereocenters. The zero-order valence-electron chi connectivity index (χ0n) is 14.7. The van der Waals surface area contributed by atoms with Gasteiger partial charge in [-0.15, -0.1) is 0 Å². The molecule has 1 aromatic carbocycles. The van der Waals surface area contributed by atoms with Gasteiger partial charge in [0.05, 0.1) is 0 Å². The first-order chi connectivity index (χ1) is 13.0. The first kappa shape index (κ1) is 31.3. The van der Waals surface area contributed by atoms with Crippen molar-refractivity contribution in [3.8, 4) is 0 Å². The lowest BCUT2D eigenvalue weighted by Crippen LogP contribution is -2.46. The fourth-order valence-electron chi connectivity index (χ4n) is 2.23. The topological polar surface area (TPSA) is 0 Å². The number of halogens is 14. The Morgan fingerprint density at radius 1 is 0.633 bits per heavy atom. The van der Waals surface area contributed by atoms with Crippen molar-refractivity contribution in [3.63, 3.8) is 0 Å². The minimum absolute atomic E-state index is 0.0460. The molecular formula is C16H11Cl14. The van der Waals surface area contributed by atoms with Gasteiger partial charge in [-0.2, -0.15) is 0 Å². The fourth-order valence-corrected chi connectivity index (χ4v) is 5.22. The summed E-state index contributed by atoms with van der Waals surface area (Å²) in [6, 6.07) is 4.38. The number of benzene rings is 1. The largest absolute Gasteiger partial charge is 0.226 e. The molecule has 0 saturated heterocycles. The first-order valence-electron chi connectivity index (χ1n) is 7.66. The van der Waals surface area contributed by atoms with Gasteiger partial charge in [0, 0.05) is 0 Å². The molecule has 0 nitrogen and oxygen atoms in total. The van der Waals surface area contributed by atoms with Crippen LogP contribution >= 0.6 is 162 Å². The van der Waals surface area contributed by atoms with E-state index in [4.69, 9.17) is 162 Å². The van der Waals surface area contributed by atoms with Gasteiger partial charge in [-0.05, 0) is 35.1 Å². The molecule has 0 aromatic heterocycles. The van der Waals surface area contributed by atoms with Crippen LogP contribution in [0.1, 0.15) is 30.5 Å². The van der Waals surface area contributed by atoms with E-state index < -0.39 is 24.9 Å². The molecule has 0 N–H and O–H groups in total. The highest BCUT2D eigenvalue weighted by atomic mass is 35.6. The second kappa shape index (κ2) is 10.3. The van der Waals surface area contributed by atoms with Crippen LogP contribution in [-0.4, -0.2) is 16.3 Å². The molecule has 0 bridgehead atoms. The third kappa shape index (κ3) is 6.15. The van der Waals surface area contributed by atoms with Crippen LogP contribution in [0.2, 0.25) is 0 Å². The van der Waals surface area contributed by atoms with E-state index in [0.717, 1.165) is 0 Å². The smallest absolute Gasteiger partial charge is 0.0930 e. The summed E-state index contributed by atoms with van der Waals surface area (Å²) in [6.07, 6.45) is 1.80. The molecule has 0 fully saturated rings. The summed E-state index contributed by atoms with van der Waals surface area (Å²) < 4.78 is -13.6. The van der Waals surface area contributed by atoms with Crippen molar-refractivity contribution in [2.24, 2.45) is 5.92 Å². The molecule has 1 aromatic rings. The van der Waals surface area contributed by atoms with Crippen molar-refractivity contribution in [3.05, 3.63) is 41.3 Å². The molecular weight excluding hydrogens is 689 g/mol. The third-order valence-corrected chi connectivity index (χ3v) is 11.6. The van der Waals surface area contributed by atoms with E-state index in [1.807, 2.05) is 13.8 Å². The van der Waals surface area contributed by atoms with Crippen LogP contribution in [0.3, 0.4) is 0 Å². The molecule has 1 rings (SSSR count). The molecule has 0 spiro atoms. The molecule has 0 amide bonds. The van der Waals surface area contributed by atoms with Crippen LogP contribution in [-0.2, 0) is 8.67 Å². The lowest BCUT2D eigenvalue weighted by Gasteiger charge is -2.41. The Kier molecular flexibility index (Phi) is 10.8. The lowest BCUT2D eigenvalue weighted by molar-refractivity contribution is 0.674. The molecule has 0 aliphatic rings. The summed E-state index contributed by atoms with van der Waals surface area (Å²) >= 11 is 86.3. The van der Waals surface area contributed by atoms with Crippen LogP contribution < -0.4 is 0 Å². The standard InChI is InChI=1S/C16H11Cl14/c1-7(2)5-8-3-4-9(11(17,18)13(21,22)15(25,26)27)6-10(8)12(19,20)14(23,24)16(28,29)30/h3-7H,1-2H3. The highest BCUT2D eigenvalue weighted by Crippen LogP contribution is 2.63. The quantitative estimate of drug-likeness (QED) is 0.259. The van der Waals surface area contributed by atoms with Crippen LogP contribution in [0.5, 0.6) is 0 Å². The molecule has 173 valence electrons. The minimum Gasteiger partial charge on any atom is -0.0930 e. The molecule has 0 saturated carbocycles. The van der Waals surface area contributed by atoms with E-state index in [-0.39, 0.29) is 17.0 Å². The summed E-state index contributed by atoms with van der Waals surface area (Å²) in [5, 5.41) is 0. The van der Waals surface area contributed by atoms with Crippen molar-refractivity contribution in [2.45, 2.75) is 38.8 Å². The number of alkyl halides is 14. The Morgan fingerprint density at radius 3 is 1.40 bits per heavy atom. The maximum Gasteiger partial charge on any atom is 0.226 e. The number of hydrogen-bond donors (Lipinski definition) is 0. The summed E-state index contributed by atoms with van der Waals surface area (Å²) in [5.74, 6) is 0.0460. The average molecular weight is 700 g/mol. The van der Waals surface area contributed by atoms with Gasteiger partial charge < -0.3 is 0 Å². The second-order valence-electron chi connectivity index (χ2n) is 6.51. The zero-order valence-corrected chi connectivity index (χ0v) is 25.3. The van der Waals surface area contributed by atoms with E-state index in [1.165, 1.54) is 12.1 Å². The SMILES string of the molecule is CC(C)[CH]c1ccc(C(Cl)(Cl)C(Cl)(Cl)C(Cl)(Cl)Cl)cc1C(Cl)(Cl)C(Cl)(Cl)C(Cl)(Cl)Cl. The summed E-state index contributed by atoms with van der Waals surface area (Å²) in [4.78, 5) is 0. The Balaban J connectivity index is 3.82. The molecule has 14 heteroatoms.